The quantitative estimate of drug-likeness (QED) is 0.729. The predicted molar refractivity (Wildman–Crippen MR) is 71.3 cm³/mol. The minimum absolute atomic E-state index is 0.0178. The van der Waals surface area contributed by atoms with Crippen molar-refractivity contribution in [2.75, 3.05) is 18.5 Å². The van der Waals surface area contributed by atoms with Gasteiger partial charge in [-0.25, -0.2) is 0 Å². The first-order chi connectivity index (χ1) is 8.12. The highest BCUT2D eigenvalue weighted by Crippen LogP contribution is 2.26. The molecule has 2 rings (SSSR count). The predicted octanol–water partition coefficient (Wildman–Crippen LogP) is 1.91. The number of benzene rings is 1. The lowest BCUT2D eigenvalue weighted by Gasteiger charge is -2.26. The van der Waals surface area contributed by atoms with E-state index in [-0.39, 0.29) is 12.1 Å². The summed E-state index contributed by atoms with van der Waals surface area (Å²) in [7, 11) is 0. The van der Waals surface area contributed by atoms with Gasteiger partial charge in [0.1, 0.15) is 0 Å². The Bertz CT molecular complexity index is 388. The molecule has 0 unspecified atom stereocenters. The van der Waals surface area contributed by atoms with Crippen LogP contribution in [0.15, 0.2) is 18.2 Å². The zero-order valence-electron chi connectivity index (χ0n) is 10.7. The van der Waals surface area contributed by atoms with Gasteiger partial charge in [0, 0.05) is 30.9 Å². The molecule has 0 fully saturated rings. The van der Waals surface area contributed by atoms with Crippen molar-refractivity contribution in [1.82, 2.24) is 5.32 Å². The normalized spacial score (nSPS) is 14.5. The summed E-state index contributed by atoms with van der Waals surface area (Å²) in [6, 6.07) is 6.48. The van der Waals surface area contributed by atoms with Gasteiger partial charge in [-0.3, -0.25) is 0 Å². The van der Waals surface area contributed by atoms with Crippen molar-refractivity contribution in [2.45, 2.75) is 38.8 Å². The molecule has 17 heavy (non-hydrogen) atoms. The van der Waals surface area contributed by atoms with Gasteiger partial charge in [-0.2, -0.15) is 0 Å². The average molecular weight is 234 g/mol. The molecule has 0 spiro atoms. The zero-order chi connectivity index (χ0) is 12.3. The summed E-state index contributed by atoms with van der Waals surface area (Å²) in [6.45, 7) is 6.38. The van der Waals surface area contributed by atoms with E-state index >= 15 is 0 Å². The van der Waals surface area contributed by atoms with Gasteiger partial charge in [-0.15, -0.1) is 0 Å². The summed E-state index contributed by atoms with van der Waals surface area (Å²) in [6.07, 6.45) is 1.90. The van der Waals surface area contributed by atoms with Crippen molar-refractivity contribution in [2.24, 2.45) is 0 Å². The topological polar surface area (TPSA) is 44.3 Å². The SMILES string of the molecule is CC(C)(CCO)NCc1cccc2c1NCC2. The summed E-state index contributed by atoms with van der Waals surface area (Å²) in [5.74, 6) is 0. The Hall–Kier alpha value is -1.06. The van der Waals surface area contributed by atoms with E-state index < -0.39 is 0 Å². The molecule has 3 nitrogen and oxygen atoms in total. The lowest BCUT2D eigenvalue weighted by molar-refractivity contribution is 0.230. The largest absolute Gasteiger partial charge is 0.396 e. The molecule has 1 aromatic rings. The number of fused-ring (bicyclic) bond motifs is 1. The lowest BCUT2D eigenvalue weighted by atomic mass is 10.00. The second-order valence-electron chi connectivity index (χ2n) is 5.34. The summed E-state index contributed by atoms with van der Waals surface area (Å²) in [5.41, 5.74) is 4.03. The third kappa shape index (κ3) is 2.99. The van der Waals surface area contributed by atoms with Gasteiger partial charge in [0.25, 0.3) is 0 Å². The lowest BCUT2D eigenvalue weighted by Crippen LogP contribution is -2.39. The van der Waals surface area contributed by atoms with E-state index in [2.05, 4.69) is 42.7 Å². The van der Waals surface area contributed by atoms with Crippen LogP contribution in [0, 0.1) is 0 Å². The first-order valence-corrected chi connectivity index (χ1v) is 6.33. The van der Waals surface area contributed by atoms with Crippen molar-refractivity contribution in [1.29, 1.82) is 0 Å². The Morgan fingerprint density at radius 2 is 2.24 bits per heavy atom. The highest BCUT2D eigenvalue weighted by molar-refractivity contribution is 5.61. The maximum absolute atomic E-state index is 9.00. The minimum atomic E-state index is -0.0178. The van der Waals surface area contributed by atoms with Gasteiger partial charge in [-0.1, -0.05) is 18.2 Å². The highest BCUT2D eigenvalue weighted by Gasteiger charge is 2.18. The van der Waals surface area contributed by atoms with E-state index in [1.54, 1.807) is 0 Å². The number of rotatable bonds is 5. The van der Waals surface area contributed by atoms with Crippen LogP contribution in [-0.4, -0.2) is 23.8 Å². The number of aliphatic hydroxyl groups is 1. The molecule has 0 saturated carbocycles. The van der Waals surface area contributed by atoms with E-state index in [0.29, 0.717) is 0 Å². The van der Waals surface area contributed by atoms with Crippen molar-refractivity contribution in [3.05, 3.63) is 29.3 Å². The van der Waals surface area contributed by atoms with E-state index in [4.69, 9.17) is 5.11 Å². The third-order valence-corrected chi connectivity index (χ3v) is 3.43. The smallest absolute Gasteiger partial charge is 0.0448 e. The fourth-order valence-corrected chi connectivity index (χ4v) is 2.26. The van der Waals surface area contributed by atoms with Gasteiger partial charge >= 0.3 is 0 Å². The second-order valence-corrected chi connectivity index (χ2v) is 5.34. The van der Waals surface area contributed by atoms with Crippen LogP contribution in [0.25, 0.3) is 0 Å². The summed E-state index contributed by atoms with van der Waals surface area (Å²) >= 11 is 0. The highest BCUT2D eigenvalue weighted by atomic mass is 16.3. The molecule has 0 aromatic heterocycles. The number of nitrogens with one attached hydrogen (secondary N) is 2. The molecule has 1 aromatic carbocycles. The number of para-hydroxylation sites is 1. The maximum atomic E-state index is 9.00. The fourth-order valence-electron chi connectivity index (χ4n) is 2.26. The van der Waals surface area contributed by atoms with Gasteiger partial charge in [0.05, 0.1) is 0 Å². The van der Waals surface area contributed by atoms with Gasteiger partial charge < -0.3 is 15.7 Å². The molecule has 0 atom stereocenters. The molecule has 3 N–H and O–H groups in total. The van der Waals surface area contributed by atoms with Crippen LogP contribution < -0.4 is 10.6 Å². The first-order valence-electron chi connectivity index (χ1n) is 6.33. The Balaban J connectivity index is 2.02. The molecule has 1 aliphatic rings. The number of hydrogen-bond acceptors (Lipinski definition) is 3. The van der Waals surface area contributed by atoms with Crippen LogP contribution in [0.1, 0.15) is 31.4 Å². The molecule has 0 radical (unpaired) electrons. The van der Waals surface area contributed by atoms with Crippen LogP contribution in [0.2, 0.25) is 0 Å². The fraction of sp³-hybridized carbons (Fsp3) is 0.571. The van der Waals surface area contributed by atoms with E-state index in [9.17, 15) is 0 Å². The van der Waals surface area contributed by atoms with Crippen LogP contribution >= 0.6 is 0 Å². The average Bonchev–Trinajstić information content (AvgIpc) is 2.74. The Kier molecular flexibility index (Phi) is 3.69. The molecule has 0 saturated heterocycles. The van der Waals surface area contributed by atoms with Crippen LogP contribution in [0.4, 0.5) is 5.69 Å². The molecule has 1 heterocycles. The van der Waals surface area contributed by atoms with Gasteiger partial charge in [0.15, 0.2) is 0 Å². The molecular weight excluding hydrogens is 212 g/mol. The van der Waals surface area contributed by atoms with Crippen molar-refractivity contribution >= 4 is 5.69 Å². The molecule has 0 aliphatic carbocycles. The van der Waals surface area contributed by atoms with Crippen molar-refractivity contribution < 1.29 is 5.11 Å². The number of hydrogen-bond donors (Lipinski definition) is 3. The van der Waals surface area contributed by atoms with Crippen molar-refractivity contribution in [3.63, 3.8) is 0 Å². The molecule has 0 amide bonds. The Morgan fingerprint density at radius 3 is 3.00 bits per heavy atom. The minimum Gasteiger partial charge on any atom is -0.396 e. The van der Waals surface area contributed by atoms with Crippen LogP contribution in [0.5, 0.6) is 0 Å². The summed E-state index contributed by atoms with van der Waals surface area (Å²) < 4.78 is 0. The van der Waals surface area contributed by atoms with Crippen LogP contribution in [0.3, 0.4) is 0 Å². The zero-order valence-corrected chi connectivity index (χ0v) is 10.7. The monoisotopic (exact) mass is 234 g/mol. The molecule has 0 bridgehead atoms. The number of aliphatic hydroxyl groups excluding tert-OH is 1. The maximum Gasteiger partial charge on any atom is 0.0448 e. The van der Waals surface area contributed by atoms with Crippen molar-refractivity contribution in [3.8, 4) is 0 Å². The molecule has 3 heteroatoms. The Labute approximate surface area is 103 Å². The van der Waals surface area contributed by atoms with Gasteiger partial charge in [-0.05, 0) is 37.8 Å². The van der Waals surface area contributed by atoms with Gasteiger partial charge in [0.2, 0.25) is 0 Å². The van der Waals surface area contributed by atoms with E-state index in [1.165, 1.54) is 16.8 Å². The Morgan fingerprint density at radius 1 is 1.41 bits per heavy atom. The third-order valence-electron chi connectivity index (χ3n) is 3.43. The molecule has 94 valence electrons. The van der Waals surface area contributed by atoms with Crippen LogP contribution in [-0.2, 0) is 13.0 Å². The molecule has 1 aliphatic heterocycles. The summed E-state index contributed by atoms with van der Waals surface area (Å²) in [5, 5.41) is 16.0. The van der Waals surface area contributed by atoms with E-state index in [1.807, 2.05) is 0 Å². The number of anilines is 1. The second kappa shape index (κ2) is 5.07. The van der Waals surface area contributed by atoms with E-state index in [0.717, 1.165) is 25.9 Å². The first kappa shape index (κ1) is 12.4. The standard InChI is InChI=1S/C14H22N2O/c1-14(2,7-9-17)16-10-12-5-3-4-11-6-8-15-13(11)12/h3-5,15-17H,6-10H2,1-2H3. The summed E-state index contributed by atoms with van der Waals surface area (Å²) in [4.78, 5) is 0. The molecular formula is C14H22N2O.